The smallest absolute Gasteiger partial charge is 0.341 e. The molecular formula is C21H31NO5. The highest BCUT2D eigenvalue weighted by atomic mass is 16.5. The number of carbonyl (C=O) groups excluding carboxylic acids is 2. The van der Waals surface area contributed by atoms with Crippen LogP contribution in [0.2, 0.25) is 0 Å². The molecule has 0 bridgehead atoms. The Morgan fingerprint density at radius 2 is 2.07 bits per heavy atom. The molecule has 1 aromatic rings. The number of benzene rings is 1. The van der Waals surface area contributed by atoms with Gasteiger partial charge >= 0.3 is 5.97 Å². The van der Waals surface area contributed by atoms with Crippen LogP contribution in [0.15, 0.2) is 18.2 Å². The summed E-state index contributed by atoms with van der Waals surface area (Å²) in [6.45, 7) is 6.76. The van der Waals surface area contributed by atoms with Crippen LogP contribution >= 0.6 is 0 Å². The van der Waals surface area contributed by atoms with Crippen molar-refractivity contribution in [3.63, 3.8) is 0 Å². The fraction of sp³-hybridized carbons (Fsp3) is 0.619. The zero-order valence-electron chi connectivity index (χ0n) is 16.8. The van der Waals surface area contributed by atoms with E-state index in [2.05, 4.69) is 12.2 Å². The first kappa shape index (κ1) is 21.2. The van der Waals surface area contributed by atoms with Crippen LogP contribution in [-0.2, 0) is 14.3 Å². The second kappa shape index (κ2) is 9.74. The highest BCUT2D eigenvalue weighted by molar-refractivity contribution is 5.99. The van der Waals surface area contributed by atoms with Gasteiger partial charge in [0.2, 0.25) is 0 Å². The summed E-state index contributed by atoms with van der Waals surface area (Å²) in [4.78, 5) is 25.3. The van der Waals surface area contributed by atoms with Gasteiger partial charge in [-0.1, -0.05) is 20.3 Å². The van der Waals surface area contributed by atoms with Crippen LogP contribution in [-0.4, -0.2) is 37.8 Å². The molecule has 150 valence electrons. The van der Waals surface area contributed by atoms with Gasteiger partial charge in [0.05, 0.1) is 13.7 Å². The summed E-state index contributed by atoms with van der Waals surface area (Å²) in [7, 11) is 1.49. The number of hydrogen-bond acceptors (Lipinski definition) is 5. The van der Waals surface area contributed by atoms with Gasteiger partial charge in [0.25, 0.3) is 5.91 Å². The monoisotopic (exact) mass is 377 g/mol. The van der Waals surface area contributed by atoms with E-state index < -0.39 is 11.6 Å². The largest absolute Gasteiger partial charge is 0.496 e. The van der Waals surface area contributed by atoms with Crippen molar-refractivity contribution in [2.24, 2.45) is 5.92 Å². The molecule has 1 N–H and O–H groups in total. The van der Waals surface area contributed by atoms with Gasteiger partial charge in [0.1, 0.15) is 16.9 Å². The van der Waals surface area contributed by atoms with Gasteiger partial charge < -0.3 is 19.5 Å². The maximum atomic E-state index is 13.1. The molecule has 1 aliphatic rings. The van der Waals surface area contributed by atoms with Gasteiger partial charge in [0.15, 0.2) is 0 Å². The van der Waals surface area contributed by atoms with Crippen LogP contribution in [0.3, 0.4) is 0 Å². The van der Waals surface area contributed by atoms with Crippen molar-refractivity contribution in [2.75, 3.05) is 25.6 Å². The van der Waals surface area contributed by atoms with E-state index in [0.717, 1.165) is 19.3 Å². The van der Waals surface area contributed by atoms with Crippen molar-refractivity contribution in [1.82, 2.24) is 0 Å². The second-order valence-corrected chi connectivity index (χ2v) is 7.13. The van der Waals surface area contributed by atoms with E-state index in [4.69, 9.17) is 14.2 Å². The lowest BCUT2D eigenvalue weighted by molar-refractivity contribution is -0.148. The molecule has 0 aliphatic heterocycles. The zero-order chi connectivity index (χ0) is 19.9. The number of nitrogens with one attached hydrogen (secondary N) is 1. The molecule has 0 heterocycles. The quantitative estimate of drug-likeness (QED) is 0.688. The molecule has 6 nitrogen and oxygen atoms in total. The number of amides is 1. The van der Waals surface area contributed by atoms with Crippen LogP contribution in [0.4, 0.5) is 5.69 Å². The molecule has 1 saturated carbocycles. The summed E-state index contributed by atoms with van der Waals surface area (Å²) in [6, 6.07) is 4.97. The lowest BCUT2D eigenvalue weighted by Gasteiger charge is -2.38. The molecule has 2 atom stereocenters. The molecule has 27 heavy (non-hydrogen) atoms. The van der Waals surface area contributed by atoms with Gasteiger partial charge in [0, 0.05) is 12.3 Å². The summed E-state index contributed by atoms with van der Waals surface area (Å²) in [6.07, 6.45) is 4.36. The maximum Gasteiger partial charge on any atom is 0.341 e. The first-order valence-corrected chi connectivity index (χ1v) is 9.76. The Morgan fingerprint density at radius 1 is 1.30 bits per heavy atom. The van der Waals surface area contributed by atoms with Crippen molar-refractivity contribution in [2.45, 2.75) is 58.5 Å². The van der Waals surface area contributed by atoms with Crippen LogP contribution in [0, 0.1) is 5.92 Å². The lowest BCUT2D eigenvalue weighted by atomic mass is 9.78. The average Bonchev–Trinajstić information content (AvgIpc) is 2.66. The molecule has 1 aliphatic carbocycles. The standard InChI is InChI=1S/C21H31NO5/c1-5-12-27-21(11-7-8-15(3)14-21)20(24)22-16-9-10-18(25-4)17(13-16)19(23)26-6-2/h9-10,13,15H,5-8,11-12,14H2,1-4H3,(H,22,24)/t15-,21-/m0/s1. The average molecular weight is 377 g/mol. The van der Waals surface area contributed by atoms with E-state index in [1.54, 1.807) is 25.1 Å². The minimum absolute atomic E-state index is 0.150. The lowest BCUT2D eigenvalue weighted by Crippen LogP contribution is -2.48. The number of anilines is 1. The Balaban J connectivity index is 2.24. The Bertz CT molecular complexity index is 660. The third-order valence-electron chi connectivity index (χ3n) is 4.90. The summed E-state index contributed by atoms with van der Waals surface area (Å²) < 4.78 is 16.4. The van der Waals surface area contributed by atoms with Crippen molar-refractivity contribution in [3.8, 4) is 5.75 Å². The van der Waals surface area contributed by atoms with Crippen molar-refractivity contribution >= 4 is 17.6 Å². The first-order chi connectivity index (χ1) is 13.0. The third-order valence-corrected chi connectivity index (χ3v) is 4.90. The molecule has 0 spiro atoms. The summed E-state index contributed by atoms with van der Waals surface area (Å²) in [5.41, 5.74) is 0.0109. The second-order valence-electron chi connectivity index (χ2n) is 7.13. The molecule has 0 aromatic heterocycles. The predicted molar refractivity (Wildman–Crippen MR) is 104 cm³/mol. The molecule has 0 radical (unpaired) electrons. The molecule has 1 aromatic carbocycles. The molecule has 2 rings (SSSR count). The van der Waals surface area contributed by atoms with Crippen LogP contribution < -0.4 is 10.1 Å². The van der Waals surface area contributed by atoms with Crippen LogP contribution in [0.1, 0.15) is 63.2 Å². The highest BCUT2D eigenvalue weighted by Crippen LogP contribution is 2.36. The number of rotatable bonds is 8. The molecule has 1 amide bonds. The number of methoxy groups -OCH3 is 1. The zero-order valence-corrected chi connectivity index (χ0v) is 16.8. The Hall–Kier alpha value is -2.08. The van der Waals surface area contributed by atoms with E-state index in [1.807, 2.05) is 6.92 Å². The molecule has 0 unspecified atom stereocenters. The third kappa shape index (κ3) is 5.22. The first-order valence-electron chi connectivity index (χ1n) is 9.76. The van der Waals surface area contributed by atoms with Gasteiger partial charge in [-0.05, 0) is 56.7 Å². The van der Waals surface area contributed by atoms with Crippen LogP contribution in [0.5, 0.6) is 5.75 Å². The van der Waals surface area contributed by atoms with Gasteiger partial charge in [-0.15, -0.1) is 0 Å². The number of esters is 1. The van der Waals surface area contributed by atoms with Crippen molar-refractivity contribution in [1.29, 1.82) is 0 Å². The minimum atomic E-state index is -0.808. The van der Waals surface area contributed by atoms with E-state index in [9.17, 15) is 9.59 Å². The minimum Gasteiger partial charge on any atom is -0.496 e. The van der Waals surface area contributed by atoms with Gasteiger partial charge in [-0.2, -0.15) is 0 Å². The van der Waals surface area contributed by atoms with Gasteiger partial charge in [-0.3, -0.25) is 4.79 Å². The predicted octanol–water partition coefficient (Wildman–Crippen LogP) is 4.19. The van der Waals surface area contributed by atoms with E-state index in [1.165, 1.54) is 7.11 Å². The normalized spacial score (nSPS) is 22.1. The number of ether oxygens (including phenoxy) is 3. The Morgan fingerprint density at radius 3 is 2.70 bits per heavy atom. The van der Waals surface area contributed by atoms with Crippen molar-refractivity contribution < 1.29 is 23.8 Å². The summed E-state index contributed by atoms with van der Waals surface area (Å²) >= 11 is 0. The van der Waals surface area contributed by atoms with E-state index in [-0.39, 0.29) is 18.1 Å². The Labute approximate surface area is 161 Å². The molecule has 0 saturated heterocycles. The number of carbonyl (C=O) groups is 2. The Kier molecular flexibility index (Phi) is 7.66. The van der Waals surface area contributed by atoms with E-state index >= 15 is 0 Å². The summed E-state index contributed by atoms with van der Waals surface area (Å²) in [5.74, 6) is 0.221. The van der Waals surface area contributed by atoms with Crippen molar-refractivity contribution in [3.05, 3.63) is 23.8 Å². The maximum absolute atomic E-state index is 13.1. The fourth-order valence-corrected chi connectivity index (χ4v) is 3.60. The summed E-state index contributed by atoms with van der Waals surface area (Å²) in [5, 5.41) is 2.94. The fourth-order valence-electron chi connectivity index (χ4n) is 3.60. The topological polar surface area (TPSA) is 73.9 Å². The molecule has 1 fully saturated rings. The molecular weight excluding hydrogens is 346 g/mol. The highest BCUT2D eigenvalue weighted by Gasteiger charge is 2.42. The molecule has 6 heteroatoms. The van der Waals surface area contributed by atoms with Crippen LogP contribution in [0.25, 0.3) is 0 Å². The van der Waals surface area contributed by atoms with Gasteiger partial charge in [-0.25, -0.2) is 4.79 Å². The van der Waals surface area contributed by atoms with E-state index in [0.29, 0.717) is 36.8 Å². The SMILES string of the molecule is CCCO[C@@]1(C(=O)Nc2ccc(OC)c(C(=O)OCC)c2)CCC[C@H](C)C1. The number of hydrogen-bond donors (Lipinski definition) is 1.